The van der Waals surface area contributed by atoms with E-state index in [1.165, 1.54) is 61.0 Å². The minimum atomic E-state index is -3.87. The topological polar surface area (TPSA) is 157 Å². The number of amides is 2. The molecule has 2 amide bonds. The first-order valence-corrected chi connectivity index (χ1v) is 24.1. The fourth-order valence-electron chi connectivity index (χ4n) is 6.79. The summed E-state index contributed by atoms with van der Waals surface area (Å²) in [6.07, 6.45) is 0.483. The van der Waals surface area contributed by atoms with Gasteiger partial charge in [-0.3, -0.25) is 9.59 Å². The van der Waals surface area contributed by atoms with Crippen molar-refractivity contribution in [3.05, 3.63) is 153 Å². The molecule has 2 saturated heterocycles. The Kier molecular flexibility index (Phi) is 16.6. The molecule has 4 N–H and O–H groups in total. The van der Waals surface area contributed by atoms with Crippen LogP contribution in [-0.2, 0) is 30.0 Å². The maximum absolute atomic E-state index is 13.4. The van der Waals surface area contributed by atoms with Crippen molar-refractivity contribution in [2.24, 2.45) is 0 Å². The maximum Gasteiger partial charge on any atom is 0.280 e. The molecule has 0 unspecified atom stereocenters. The van der Waals surface area contributed by atoms with Crippen LogP contribution in [0.5, 0.6) is 0 Å². The minimum Gasteiger partial charge on any atom is -0.325 e. The molecule has 2 aromatic heterocycles. The van der Waals surface area contributed by atoms with Gasteiger partial charge in [0.05, 0.1) is 22.1 Å². The predicted molar refractivity (Wildman–Crippen MR) is 255 cm³/mol. The van der Waals surface area contributed by atoms with Crippen LogP contribution in [0, 0.1) is 11.6 Å². The number of halogens is 4. The molecule has 4 atom stereocenters. The van der Waals surface area contributed by atoms with Crippen LogP contribution >= 0.6 is 45.9 Å². The zero-order valence-electron chi connectivity index (χ0n) is 32.8. The number of benzene rings is 4. The van der Waals surface area contributed by atoms with E-state index in [1.54, 1.807) is 0 Å². The minimum absolute atomic E-state index is 0. The van der Waals surface area contributed by atoms with Gasteiger partial charge in [0, 0.05) is 45.0 Å². The summed E-state index contributed by atoms with van der Waals surface area (Å²) < 4.78 is 84.8. The second-order valence-electron chi connectivity index (χ2n) is 14.3. The average molecular weight is 992 g/mol. The third-order valence-electron chi connectivity index (χ3n) is 10.2. The standard InChI is InChI=1S/2C21H19ClFN3O3S2.2CH4/c2*1-26-18(21(27)24-14-7-8-16(23)15(22)11-14)12-17(25-31(26,28)29)20-10-9-19(30-20)13-5-3-2-4-6-13;;/h2*2-11,17-18,25H,12H2,1H3,(H,24,27);2*1H4/t2*17-,18+;;/m10../s1. The van der Waals surface area contributed by atoms with E-state index < -0.39 is 68.0 Å². The highest BCUT2D eigenvalue weighted by atomic mass is 35.5. The van der Waals surface area contributed by atoms with Crippen LogP contribution in [0.25, 0.3) is 20.9 Å². The number of thiophene rings is 2. The molecule has 6 aromatic rings. The Labute approximate surface area is 390 Å². The molecule has 64 heavy (non-hydrogen) atoms. The van der Waals surface area contributed by atoms with Gasteiger partial charge in [-0.15, -0.1) is 22.7 Å². The van der Waals surface area contributed by atoms with Crippen molar-refractivity contribution in [1.29, 1.82) is 0 Å². The molecule has 0 saturated carbocycles. The zero-order valence-corrected chi connectivity index (χ0v) is 37.5. The smallest absolute Gasteiger partial charge is 0.280 e. The van der Waals surface area contributed by atoms with E-state index in [0.717, 1.165) is 51.4 Å². The fourth-order valence-corrected chi connectivity index (χ4v) is 12.0. The monoisotopic (exact) mass is 990 g/mol. The number of carbonyl (C=O) groups is 2. The number of rotatable bonds is 8. The van der Waals surface area contributed by atoms with Crippen LogP contribution in [0.1, 0.15) is 49.5 Å². The summed E-state index contributed by atoms with van der Waals surface area (Å²) in [5.74, 6) is -2.23. The third-order valence-corrected chi connectivity index (χ3v) is 16.4. The molecule has 0 aliphatic carbocycles. The molecule has 2 aliphatic heterocycles. The van der Waals surface area contributed by atoms with Crippen LogP contribution in [0.3, 0.4) is 0 Å². The van der Waals surface area contributed by atoms with Crippen LogP contribution in [0.2, 0.25) is 10.0 Å². The van der Waals surface area contributed by atoms with Crippen molar-refractivity contribution >= 4 is 89.5 Å². The van der Waals surface area contributed by atoms with E-state index in [2.05, 4.69) is 20.1 Å². The molecule has 0 radical (unpaired) electrons. The molecule has 4 aromatic carbocycles. The van der Waals surface area contributed by atoms with Gasteiger partial charge in [-0.05, 0) is 84.6 Å². The van der Waals surface area contributed by atoms with Gasteiger partial charge in [0.1, 0.15) is 23.7 Å². The maximum atomic E-state index is 13.4. The van der Waals surface area contributed by atoms with Crippen LogP contribution in [0.15, 0.2) is 121 Å². The lowest BCUT2D eigenvalue weighted by Crippen LogP contribution is -2.55. The molecule has 4 heterocycles. The van der Waals surface area contributed by atoms with Gasteiger partial charge in [0.15, 0.2) is 0 Å². The summed E-state index contributed by atoms with van der Waals surface area (Å²) >= 11 is 14.5. The molecule has 8 rings (SSSR count). The van der Waals surface area contributed by atoms with Gasteiger partial charge in [-0.2, -0.15) is 34.9 Å². The van der Waals surface area contributed by atoms with Crippen molar-refractivity contribution in [2.45, 2.75) is 51.9 Å². The number of nitrogens with one attached hydrogen (secondary N) is 4. The van der Waals surface area contributed by atoms with Crippen molar-refractivity contribution in [3.8, 4) is 20.9 Å². The van der Waals surface area contributed by atoms with Gasteiger partial charge in [0.2, 0.25) is 11.8 Å². The highest BCUT2D eigenvalue weighted by Crippen LogP contribution is 2.38. The summed E-state index contributed by atoms with van der Waals surface area (Å²) in [6.45, 7) is 0. The highest BCUT2D eigenvalue weighted by Gasteiger charge is 2.42. The Balaban J connectivity index is 0.000000234. The Hall–Kier alpha value is -4.60. The summed E-state index contributed by atoms with van der Waals surface area (Å²) in [5.41, 5.74) is 2.66. The molecule has 12 nitrogen and oxygen atoms in total. The third kappa shape index (κ3) is 11.6. The molecule has 2 aliphatic rings. The first-order valence-electron chi connectivity index (χ1n) is 18.8. The van der Waals surface area contributed by atoms with Gasteiger partial charge in [-0.1, -0.05) is 98.7 Å². The number of anilines is 2. The highest BCUT2D eigenvalue weighted by molar-refractivity contribution is 7.87. The SMILES string of the molecule is C.C.CN1[C@@H](C(=O)Nc2ccc(F)c(Cl)c2)C[C@@H](c2ccc(-c3ccccc3)s2)NS1(=O)=O.CN1[C@H](C(=O)Nc2ccc(F)c(Cl)c2)C[C@H](c2ccc(-c3ccccc3)s2)NS1(=O)=O. The van der Waals surface area contributed by atoms with Gasteiger partial charge in [0.25, 0.3) is 20.4 Å². The van der Waals surface area contributed by atoms with Gasteiger partial charge in [-0.25, -0.2) is 8.78 Å². The number of hydrogen-bond donors (Lipinski definition) is 4. The summed E-state index contributed by atoms with van der Waals surface area (Å²) in [6, 6.07) is 31.8. The number of hydrogen-bond acceptors (Lipinski definition) is 8. The average Bonchev–Trinajstić information content (AvgIpc) is 3.95. The number of likely N-dealkylation sites (N-methyl/N-ethyl adjacent to an activating group) is 2. The van der Waals surface area contributed by atoms with Crippen molar-refractivity contribution in [3.63, 3.8) is 0 Å². The van der Waals surface area contributed by atoms with Gasteiger partial charge < -0.3 is 10.6 Å². The van der Waals surface area contributed by atoms with E-state index in [0.29, 0.717) is 11.4 Å². The Bertz CT molecular complexity index is 2630. The van der Waals surface area contributed by atoms with E-state index in [4.69, 9.17) is 23.2 Å². The van der Waals surface area contributed by atoms with Crippen molar-refractivity contribution in [1.82, 2.24) is 18.1 Å². The lowest BCUT2D eigenvalue weighted by Gasteiger charge is -2.35. The quantitative estimate of drug-likeness (QED) is 0.119. The Morgan fingerprint density at radius 3 is 1.30 bits per heavy atom. The van der Waals surface area contributed by atoms with E-state index in [9.17, 15) is 35.2 Å². The van der Waals surface area contributed by atoms with E-state index in [-0.39, 0.29) is 37.7 Å². The number of carbonyl (C=O) groups excluding carboxylic acids is 2. The first kappa shape index (κ1) is 50.4. The van der Waals surface area contributed by atoms with E-state index >= 15 is 0 Å². The summed E-state index contributed by atoms with van der Waals surface area (Å²) in [4.78, 5) is 29.4. The molecule has 0 bridgehead atoms. The summed E-state index contributed by atoms with van der Waals surface area (Å²) in [7, 11) is -5.04. The molecular weight excluding hydrogens is 946 g/mol. The van der Waals surface area contributed by atoms with Crippen LogP contribution in [-0.4, -0.2) is 63.4 Å². The summed E-state index contributed by atoms with van der Waals surface area (Å²) in [5, 5.41) is 5.00. The van der Waals surface area contributed by atoms with Crippen molar-refractivity contribution in [2.75, 3.05) is 24.7 Å². The second kappa shape index (κ2) is 21.1. The van der Waals surface area contributed by atoms with Crippen LogP contribution in [0.4, 0.5) is 20.2 Å². The van der Waals surface area contributed by atoms with Crippen molar-refractivity contribution < 1.29 is 35.2 Å². The Morgan fingerprint density at radius 1 is 0.594 bits per heavy atom. The zero-order chi connectivity index (χ0) is 44.3. The van der Waals surface area contributed by atoms with Crippen LogP contribution < -0.4 is 20.1 Å². The molecule has 2 fully saturated rings. The molecule has 20 heteroatoms. The number of nitrogens with zero attached hydrogens (tertiary/aromatic N) is 2. The van der Waals surface area contributed by atoms with Gasteiger partial charge >= 0.3 is 0 Å². The fraction of sp³-hybridized carbons (Fsp3) is 0.227. The normalized spacial score (nSPS) is 20.3. The van der Waals surface area contributed by atoms with E-state index in [1.807, 2.05) is 84.9 Å². The lowest BCUT2D eigenvalue weighted by atomic mass is 10.1. The first-order chi connectivity index (χ1) is 29.5. The molecular formula is C44H46Cl2F2N6O6S4. The Morgan fingerprint density at radius 2 is 0.953 bits per heavy atom. The largest absolute Gasteiger partial charge is 0.325 e. The molecule has 340 valence electrons. The lowest BCUT2D eigenvalue weighted by molar-refractivity contribution is -0.120. The molecule has 0 spiro atoms. The predicted octanol–water partition coefficient (Wildman–Crippen LogP) is 10.1. The second-order valence-corrected chi connectivity index (χ2v) is 20.8.